The average Bonchev–Trinajstić information content (AvgIpc) is 2.54. The van der Waals surface area contributed by atoms with Crippen molar-refractivity contribution >= 4 is 13.2 Å². The van der Waals surface area contributed by atoms with Crippen LogP contribution in [0.5, 0.6) is 5.75 Å². The number of para-hydroxylation sites is 1. The minimum Gasteiger partial charge on any atom is -0.496 e. The number of hydrogen-bond donors (Lipinski definition) is 0. The van der Waals surface area contributed by atoms with Crippen molar-refractivity contribution < 1.29 is 18.3 Å². The number of methoxy groups -OCH3 is 1. The number of ether oxygens (including phenoxy) is 1. The molecule has 0 unspecified atom stereocenters. The SMILES string of the molecule is CCCCC/C(=C\P(=O)(OCC)OCC)c1ccccc1OC. The van der Waals surface area contributed by atoms with Gasteiger partial charge in [-0.1, -0.05) is 38.0 Å². The van der Waals surface area contributed by atoms with Crippen LogP contribution in [0.3, 0.4) is 0 Å². The molecule has 0 amide bonds. The van der Waals surface area contributed by atoms with E-state index in [0.717, 1.165) is 42.6 Å². The number of unbranched alkanes of at least 4 members (excludes halogenated alkanes) is 2. The Morgan fingerprint density at radius 2 is 1.74 bits per heavy atom. The predicted octanol–water partition coefficient (Wildman–Crippen LogP) is 5.88. The van der Waals surface area contributed by atoms with Gasteiger partial charge in [-0.05, 0) is 38.3 Å². The van der Waals surface area contributed by atoms with E-state index in [0.29, 0.717) is 13.2 Å². The summed E-state index contributed by atoms with van der Waals surface area (Å²) in [5.74, 6) is 2.45. The largest absolute Gasteiger partial charge is 0.496 e. The smallest absolute Gasteiger partial charge is 0.354 e. The van der Waals surface area contributed by atoms with Gasteiger partial charge >= 0.3 is 7.60 Å². The molecule has 0 N–H and O–H groups in total. The molecule has 1 rings (SSSR count). The van der Waals surface area contributed by atoms with Gasteiger partial charge in [0.05, 0.1) is 20.3 Å². The van der Waals surface area contributed by atoms with Gasteiger partial charge in [0.1, 0.15) is 5.75 Å². The van der Waals surface area contributed by atoms with E-state index in [-0.39, 0.29) is 0 Å². The van der Waals surface area contributed by atoms with Gasteiger partial charge in [-0.3, -0.25) is 4.57 Å². The minimum atomic E-state index is -3.24. The second kappa shape index (κ2) is 10.6. The quantitative estimate of drug-likeness (QED) is 0.372. The summed E-state index contributed by atoms with van der Waals surface area (Å²) in [6.45, 7) is 6.50. The van der Waals surface area contributed by atoms with Crippen LogP contribution in [0.25, 0.3) is 5.57 Å². The van der Waals surface area contributed by atoms with E-state index in [1.807, 2.05) is 38.1 Å². The van der Waals surface area contributed by atoms with Crippen molar-refractivity contribution in [1.29, 1.82) is 0 Å². The lowest BCUT2D eigenvalue weighted by molar-refractivity contribution is 0.229. The summed E-state index contributed by atoms with van der Waals surface area (Å²) in [4.78, 5) is 0. The molecule has 0 radical (unpaired) electrons. The van der Waals surface area contributed by atoms with Crippen molar-refractivity contribution in [3.63, 3.8) is 0 Å². The van der Waals surface area contributed by atoms with Crippen LogP contribution in [0, 0.1) is 0 Å². The first-order valence-electron chi connectivity index (χ1n) is 8.34. The van der Waals surface area contributed by atoms with Gasteiger partial charge in [0.2, 0.25) is 0 Å². The van der Waals surface area contributed by atoms with E-state index < -0.39 is 7.60 Å². The second-order valence-electron chi connectivity index (χ2n) is 5.19. The first-order valence-corrected chi connectivity index (χ1v) is 9.95. The number of hydrogen-bond acceptors (Lipinski definition) is 4. The third-order valence-corrected chi connectivity index (χ3v) is 5.30. The summed E-state index contributed by atoms with van der Waals surface area (Å²) in [6, 6.07) is 7.78. The number of allylic oxidation sites excluding steroid dienone is 1. The molecule has 0 fully saturated rings. The molecule has 0 aliphatic carbocycles. The van der Waals surface area contributed by atoms with E-state index in [1.165, 1.54) is 0 Å². The molecule has 4 nitrogen and oxygen atoms in total. The lowest BCUT2D eigenvalue weighted by Crippen LogP contribution is -1.97. The average molecular weight is 340 g/mol. The molecule has 1 aromatic rings. The number of rotatable bonds is 11. The maximum atomic E-state index is 12.9. The molecule has 1 aromatic carbocycles. The fourth-order valence-electron chi connectivity index (χ4n) is 2.41. The Morgan fingerprint density at radius 1 is 1.09 bits per heavy atom. The highest BCUT2D eigenvalue weighted by atomic mass is 31.2. The minimum absolute atomic E-state index is 0.349. The summed E-state index contributed by atoms with van der Waals surface area (Å²) in [7, 11) is -1.59. The zero-order chi connectivity index (χ0) is 17.1. The molecular formula is C18H29O4P. The highest BCUT2D eigenvalue weighted by molar-refractivity contribution is 7.57. The van der Waals surface area contributed by atoms with Crippen LogP contribution >= 0.6 is 7.60 Å². The Labute approximate surface area is 140 Å². The standard InChI is InChI=1S/C18H29O4P/c1-5-8-9-12-16(15-23(19,21-6-2)22-7-3)17-13-10-11-14-18(17)20-4/h10-11,13-15H,5-9,12H2,1-4H3/b16-15+. The second-order valence-corrected chi connectivity index (χ2v) is 7.04. The van der Waals surface area contributed by atoms with Crippen LogP contribution in [0.15, 0.2) is 30.1 Å². The Hall–Kier alpha value is -1.09. The van der Waals surface area contributed by atoms with Crippen molar-refractivity contribution in [2.45, 2.75) is 46.5 Å². The highest BCUT2D eigenvalue weighted by Crippen LogP contribution is 2.52. The maximum Gasteiger partial charge on any atom is 0.354 e. The topological polar surface area (TPSA) is 44.8 Å². The molecule has 5 heteroatoms. The van der Waals surface area contributed by atoms with Crippen LogP contribution in [0.2, 0.25) is 0 Å². The molecule has 0 atom stereocenters. The van der Waals surface area contributed by atoms with Crippen molar-refractivity contribution in [3.8, 4) is 5.75 Å². The normalized spacial score (nSPS) is 12.4. The molecule has 0 bridgehead atoms. The van der Waals surface area contributed by atoms with Crippen molar-refractivity contribution in [2.24, 2.45) is 0 Å². The number of benzene rings is 1. The molecule has 0 saturated heterocycles. The fraction of sp³-hybridized carbons (Fsp3) is 0.556. The third-order valence-electron chi connectivity index (χ3n) is 3.43. The molecule has 130 valence electrons. The lowest BCUT2D eigenvalue weighted by Gasteiger charge is -2.17. The Morgan fingerprint density at radius 3 is 2.30 bits per heavy atom. The molecular weight excluding hydrogens is 311 g/mol. The van der Waals surface area contributed by atoms with Gasteiger partial charge in [-0.2, -0.15) is 0 Å². The van der Waals surface area contributed by atoms with Crippen LogP contribution in [0.1, 0.15) is 52.0 Å². The van der Waals surface area contributed by atoms with Gasteiger partial charge in [-0.15, -0.1) is 0 Å². The van der Waals surface area contributed by atoms with Gasteiger partial charge in [0.15, 0.2) is 0 Å². The maximum absolute atomic E-state index is 12.9. The van der Waals surface area contributed by atoms with Gasteiger partial charge in [-0.25, -0.2) is 0 Å². The van der Waals surface area contributed by atoms with E-state index in [2.05, 4.69) is 6.92 Å². The van der Waals surface area contributed by atoms with Gasteiger partial charge in [0, 0.05) is 11.4 Å². The highest BCUT2D eigenvalue weighted by Gasteiger charge is 2.22. The van der Waals surface area contributed by atoms with E-state index in [4.69, 9.17) is 13.8 Å². The van der Waals surface area contributed by atoms with E-state index in [9.17, 15) is 4.57 Å². The molecule has 0 spiro atoms. The summed E-state index contributed by atoms with van der Waals surface area (Å²) in [5.41, 5.74) is 1.91. The van der Waals surface area contributed by atoms with Crippen LogP contribution < -0.4 is 4.74 Å². The van der Waals surface area contributed by atoms with Crippen molar-refractivity contribution in [2.75, 3.05) is 20.3 Å². The van der Waals surface area contributed by atoms with Crippen LogP contribution in [0.4, 0.5) is 0 Å². The zero-order valence-electron chi connectivity index (χ0n) is 14.7. The van der Waals surface area contributed by atoms with Crippen LogP contribution in [-0.2, 0) is 13.6 Å². The Balaban J connectivity index is 3.22. The molecule has 23 heavy (non-hydrogen) atoms. The lowest BCUT2D eigenvalue weighted by atomic mass is 10.0. The summed E-state index contributed by atoms with van der Waals surface area (Å²) in [5, 5.41) is 0. The summed E-state index contributed by atoms with van der Waals surface area (Å²) in [6.07, 6.45) is 4.10. The summed E-state index contributed by atoms with van der Waals surface area (Å²) >= 11 is 0. The van der Waals surface area contributed by atoms with Gasteiger partial charge in [0.25, 0.3) is 0 Å². The van der Waals surface area contributed by atoms with Crippen molar-refractivity contribution in [1.82, 2.24) is 0 Å². The fourth-order valence-corrected chi connectivity index (χ4v) is 4.00. The first-order chi connectivity index (χ1) is 11.1. The monoisotopic (exact) mass is 340 g/mol. The zero-order valence-corrected chi connectivity index (χ0v) is 15.6. The Bertz CT molecular complexity index is 530. The molecule has 0 aliphatic rings. The third kappa shape index (κ3) is 6.50. The van der Waals surface area contributed by atoms with Crippen molar-refractivity contribution in [3.05, 3.63) is 35.6 Å². The van der Waals surface area contributed by atoms with Gasteiger partial charge < -0.3 is 13.8 Å². The Kier molecular flexibility index (Phi) is 9.23. The summed E-state index contributed by atoms with van der Waals surface area (Å²) < 4.78 is 29.2. The van der Waals surface area contributed by atoms with E-state index >= 15 is 0 Å². The molecule has 0 aliphatic heterocycles. The molecule has 0 aromatic heterocycles. The van der Waals surface area contributed by atoms with Crippen LogP contribution in [-0.4, -0.2) is 20.3 Å². The van der Waals surface area contributed by atoms with E-state index in [1.54, 1.807) is 12.9 Å². The molecule has 0 heterocycles. The first kappa shape index (κ1) is 20.0. The molecule has 0 saturated carbocycles. The predicted molar refractivity (Wildman–Crippen MR) is 96.0 cm³/mol.